The number of carbonyl (C=O) groups excluding carboxylic acids is 1. The van der Waals surface area contributed by atoms with Crippen LogP contribution in [0.25, 0.3) is 0 Å². The van der Waals surface area contributed by atoms with Gasteiger partial charge in [0.25, 0.3) is 0 Å². The summed E-state index contributed by atoms with van der Waals surface area (Å²) >= 11 is 0. The van der Waals surface area contributed by atoms with Crippen molar-refractivity contribution < 1.29 is 4.79 Å². The molecule has 1 aliphatic heterocycles. The summed E-state index contributed by atoms with van der Waals surface area (Å²) in [7, 11) is 0. The van der Waals surface area contributed by atoms with Gasteiger partial charge in [-0.2, -0.15) is 0 Å². The lowest BCUT2D eigenvalue weighted by molar-refractivity contribution is -0.130. The first-order chi connectivity index (χ1) is 13.2. The molecule has 1 saturated heterocycles. The van der Waals surface area contributed by atoms with Crippen molar-refractivity contribution in [3.63, 3.8) is 0 Å². The van der Waals surface area contributed by atoms with Crippen LogP contribution < -0.4 is 0 Å². The summed E-state index contributed by atoms with van der Waals surface area (Å²) in [5, 5.41) is 0. The molecule has 1 fully saturated rings. The normalized spacial score (nSPS) is 18.8. The van der Waals surface area contributed by atoms with E-state index in [0.29, 0.717) is 11.8 Å². The van der Waals surface area contributed by atoms with Crippen LogP contribution in [0.2, 0.25) is 0 Å². The van der Waals surface area contributed by atoms with E-state index in [4.69, 9.17) is 0 Å². The third kappa shape index (κ3) is 5.20. The predicted octanol–water partition coefficient (Wildman–Crippen LogP) is 4.73. The van der Waals surface area contributed by atoms with E-state index in [1.165, 1.54) is 24.0 Å². The van der Waals surface area contributed by atoms with Gasteiger partial charge in [-0.1, -0.05) is 87.4 Å². The van der Waals surface area contributed by atoms with Gasteiger partial charge in [-0.3, -0.25) is 9.69 Å². The first-order valence-electron chi connectivity index (χ1n) is 10.3. The quantitative estimate of drug-likeness (QED) is 0.642. The molecule has 2 aromatic rings. The van der Waals surface area contributed by atoms with Gasteiger partial charge >= 0.3 is 0 Å². The highest BCUT2D eigenvalue weighted by Gasteiger charge is 2.40. The molecule has 2 atom stereocenters. The van der Waals surface area contributed by atoms with Crippen molar-refractivity contribution in [3.05, 3.63) is 71.8 Å². The lowest BCUT2D eigenvalue weighted by Gasteiger charge is -2.26. The fourth-order valence-corrected chi connectivity index (χ4v) is 4.06. The molecule has 0 spiro atoms. The summed E-state index contributed by atoms with van der Waals surface area (Å²) in [6.45, 7) is 6.84. The molecule has 1 aliphatic rings. The van der Waals surface area contributed by atoms with Crippen LogP contribution in [0.4, 0.5) is 0 Å². The molecule has 0 aliphatic carbocycles. The van der Waals surface area contributed by atoms with Crippen molar-refractivity contribution in [2.75, 3.05) is 13.2 Å². The fourth-order valence-electron chi connectivity index (χ4n) is 4.06. The Hall–Kier alpha value is -2.13. The maximum Gasteiger partial charge on any atom is 0.241 e. The van der Waals surface area contributed by atoms with Crippen molar-refractivity contribution in [2.45, 2.75) is 52.1 Å². The van der Waals surface area contributed by atoms with E-state index in [0.717, 1.165) is 32.6 Å². The second-order valence-corrected chi connectivity index (χ2v) is 7.78. The second kappa shape index (κ2) is 9.70. The van der Waals surface area contributed by atoms with Gasteiger partial charge < -0.3 is 4.90 Å². The van der Waals surface area contributed by atoms with E-state index < -0.39 is 0 Å². The van der Waals surface area contributed by atoms with Gasteiger partial charge in [-0.05, 0) is 29.9 Å². The van der Waals surface area contributed by atoms with Crippen LogP contribution in [-0.2, 0) is 17.8 Å². The molecule has 1 unspecified atom stereocenters. The standard InChI is InChI=1S/C24H32N2O/c1-3-4-11-20(2)23-24(27)25(17-16-21-12-7-5-8-13-21)19-26(23)18-22-14-9-6-10-15-22/h5-10,12-15,20,23H,3-4,11,16-19H2,1-2H3/t20-,23?/m0/s1. The Labute approximate surface area is 164 Å². The summed E-state index contributed by atoms with van der Waals surface area (Å²) in [4.78, 5) is 17.7. The van der Waals surface area contributed by atoms with E-state index in [1.54, 1.807) is 0 Å². The van der Waals surface area contributed by atoms with Crippen molar-refractivity contribution in [2.24, 2.45) is 5.92 Å². The third-order valence-electron chi connectivity index (χ3n) is 5.60. The number of nitrogens with zero attached hydrogens (tertiary/aromatic N) is 2. The van der Waals surface area contributed by atoms with Crippen molar-refractivity contribution in [1.29, 1.82) is 0 Å². The average molecular weight is 365 g/mol. The molecule has 3 heteroatoms. The van der Waals surface area contributed by atoms with Crippen LogP contribution in [0, 0.1) is 5.92 Å². The van der Waals surface area contributed by atoms with Crippen molar-refractivity contribution >= 4 is 5.91 Å². The predicted molar refractivity (Wildman–Crippen MR) is 111 cm³/mol. The van der Waals surface area contributed by atoms with Crippen molar-refractivity contribution in [1.82, 2.24) is 9.80 Å². The number of amides is 1. The minimum Gasteiger partial charge on any atom is -0.328 e. The minimum atomic E-state index is 0.00697. The fraction of sp³-hybridized carbons (Fsp3) is 0.458. The van der Waals surface area contributed by atoms with E-state index in [2.05, 4.69) is 72.2 Å². The molecule has 0 radical (unpaired) electrons. The van der Waals surface area contributed by atoms with E-state index in [1.807, 2.05) is 12.1 Å². The molecule has 27 heavy (non-hydrogen) atoms. The van der Waals surface area contributed by atoms with Crippen LogP contribution >= 0.6 is 0 Å². The van der Waals surface area contributed by atoms with Gasteiger partial charge in [-0.15, -0.1) is 0 Å². The number of benzene rings is 2. The largest absolute Gasteiger partial charge is 0.328 e. The maximum atomic E-state index is 13.2. The lowest BCUT2D eigenvalue weighted by Crippen LogP contribution is -2.38. The Morgan fingerprint density at radius 3 is 2.26 bits per heavy atom. The Morgan fingerprint density at radius 2 is 1.63 bits per heavy atom. The van der Waals surface area contributed by atoms with Gasteiger partial charge in [0.05, 0.1) is 12.7 Å². The van der Waals surface area contributed by atoms with Crippen LogP contribution in [0.5, 0.6) is 0 Å². The molecule has 1 heterocycles. The lowest BCUT2D eigenvalue weighted by atomic mass is 9.94. The van der Waals surface area contributed by atoms with Crippen molar-refractivity contribution in [3.8, 4) is 0 Å². The summed E-state index contributed by atoms with van der Waals surface area (Å²) in [6.07, 6.45) is 4.41. The first-order valence-corrected chi connectivity index (χ1v) is 10.3. The number of hydrogen-bond acceptors (Lipinski definition) is 2. The number of unbranched alkanes of at least 4 members (excludes halogenated alkanes) is 1. The molecular weight excluding hydrogens is 332 g/mol. The Kier molecular flexibility index (Phi) is 7.05. The van der Waals surface area contributed by atoms with Gasteiger partial charge in [0.2, 0.25) is 5.91 Å². The molecule has 0 saturated carbocycles. The van der Waals surface area contributed by atoms with Gasteiger partial charge in [0.1, 0.15) is 0 Å². The minimum absolute atomic E-state index is 0.00697. The summed E-state index contributed by atoms with van der Waals surface area (Å²) in [6, 6.07) is 21.0. The zero-order valence-corrected chi connectivity index (χ0v) is 16.7. The molecule has 3 nitrogen and oxygen atoms in total. The van der Waals surface area contributed by atoms with E-state index in [9.17, 15) is 4.79 Å². The molecule has 2 aromatic carbocycles. The summed E-state index contributed by atoms with van der Waals surface area (Å²) < 4.78 is 0. The highest BCUT2D eigenvalue weighted by molar-refractivity contribution is 5.84. The highest BCUT2D eigenvalue weighted by atomic mass is 16.2. The molecule has 0 N–H and O–H groups in total. The number of rotatable bonds is 9. The number of carbonyl (C=O) groups is 1. The zero-order chi connectivity index (χ0) is 19.1. The zero-order valence-electron chi connectivity index (χ0n) is 16.7. The van der Waals surface area contributed by atoms with Gasteiger partial charge in [-0.25, -0.2) is 0 Å². The Bertz CT molecular complexity index is 701. The maximum absolute atomic E-state index is 13.2. The van der Waals surface area contributed by atoms with Crippen LogP contribution in [0.3, 0.4) is 0 Å². The van der Waals surface area contributed by atoms with E-state index in [-0.39, 0.29) is 6.04 Å². The Balaban J connectivity index is 1.69. The number of hydrogen-bond donors (Lipinski definition) is 0. The summed E-state index contributed by atoms with van der Waals surface area (Å²) in [5.41, 5.74) is 2.57. The van der Waals surface area contributed by atoms with Crippen LogP contribution in [0.1, 0.15) is 44.2 Å². The molecule has 144 valence electrons. The molecular formula is C24H32N2O. The third-order valence-corrected chi connectivity index (χ3v) is 5.60. The topological polar surface area (TPSA) is 23.6 Å². The molecule has 1 amide bonds. The second-order valence-electron chi connectivity index (χ2n) is 7.78. The first kappa shape index (κ1) is 19.6. The van der Waals surface area contributed by atoms with Crippen LogP contribution in [0.15, 0.2) is 60.7 Å². The monoisotopic (exact) mass is 364 g/mol. The van der Waals surface area contributed by atoms with Gasteiger partial charge in [0.15, 0.2) is 0 Å². The molecule has 3 rings (SSSR count). The molecule has 0 aromatic heterocycles. The van der Waals surface area contributed by atoms with E-state index >= 15 is 0 Å². The Morgan fingerprint density at radius 1 is 1.00 bits per heavy atom. The SMILES string of the molecule is CCCC[C@H](C)C1C(=O)N(CCc2ccccc2)CN1Cc1ccccc1. The molecule has 0 bridgehead atoms. The summed E-state index contributed by atoms with van der Waals surface area (Å²) in [5.74, 6) is 0.702. The van der Waals surface area contributed by atoms with Crippen LogP contribution in [-0.4, -0.2) is 35.0 Å². The average Bonchev–Trinajstić information content (AvgIpc) is 3.01. The van der Waals surface area contributed by atoms with Gasteiger partial charge in [0, 0.05) is 13.1 Å². The highest BCUT2D eigenvalue weighted by Crippen LogP contribution is 2.27. The smallest absolute Gasteiger partial charge is 0.241 e.